The summed E-state index contributed by atoms with van der Waals surface area (Å²) in [5.74, 6) is -9.95. The Bertz CT molecular complexity index is 579. The average Bonchev–Trinajstić information content (AvgIpc) is 2.35. The summed E-state index contributed by atoms with van der Waals surface area (Å²) < 4.78 is 225. The number of carbonyl (C=O) groups excluding carboxylic acids is 2. The fraction of sp³-hybridized carbons (Fsp3) is 0.800. The second-order valence-corrected chi connectivity index (χ2v) is 5.23. The Labute approximate surface area is 159 Å². The molecule has 0 heterocycles. The maximum atomic E-state index is 12.5. The number of halogens is 18. The largest absolute Gasteiger partial charge is 0.423 e. The van der Waals surface area contributed by atoms with Crippen LogP contribution in [0.2, 0.25) is 0 Å². The molecule has 0 amide bonds. The van der Waals surface area contributed by atoms with Gasteiger partial charge in [-0.25, -0.2) is 19.4 Å². The average molecular weight is 526 g/mol. The standard InChI is InChI=1S/C10F18O4/c11-5(12,13)3(6(14,15)16,7(17,18)19)1(29)31-32-2(30)4(8(20,21)22,9(23,24)25)10(26,27)28. The molecule has 0 saturated heterocycles. The minimum atomic E-state index is -7.86. The van der Waals surface area contributed by atoms with Crippen molar-refractivity contribution in [3.8, 4) is 0 Å². The molecule has 190 valence electrons. The summed E-state index contributed by atoms with van der Waals surface area (Å²) in [5, 5.41) is 0. The van der Waals surface area contributed by atoms with E-state index < -0.39 is 59.8 Å². The molecule has 0 aromatic heterocycles. The zero-order valence-corrected chi connectivity index (χ0v) is 13.4. The lowest BCUT2D eigenvalue weighted by molar-refractivity contribution is -0.435. The van der Waals surface area contributed by atoms with Crippen molar-refractivity contribution in [2.45, 2.75) is 37.1 Å². The van der Waals surface area contributed by atoms with Gasteiger partial charge in [-0.1, -0.05) is 0 Å². The highest BCUT2D eigenvalue weighted by molar-refractivity contribution is 5.83. The predicted octanol–water partition coefficient (Wildman–Crippen LogP) is 5.33. The highest BCUT2D eigenvalue weighted by atomic mass is 19.4. The minimum Gasteiger partial charge on any atom is -0.246 e. The van der Waals surface area contributed by atoms with Crippen molar-refractivity contribution in [3.05, 3.63) is 0 Å². The zero-order valence-electron chi connectivity index (χ0n) is 13.4. The highest BCUT2D eigenvalue weighted by Crippen LogP contribution is 2.62. The van der Waals surface area contributed by atoms with Gasteiger partial charge >= 0.3 is 59.8 Å². The normalized spacial score (nSPS) is 15.4. The minimum absolute atomic E-state index is 1.89. The fourth-order valence-corrected chi connectivity index (χ4v) is 1.86. The fourth-order valence-electron chi connectivity index (χ4n) is 1.86. The second-order valence-electron chi connectivity index (χ2n) is 5.23. The van der Waals surface area contributed by atoms with Crippen LogP contribution in [-0.4, -0.2) is 49.0 Å². The number of hydrogen-bond acceptors (Lipinski definition) is 4. The molecule has 0 atom stereocenters. The summed E-state index contributed by atoms with van der Waals surface area (Å²) in [7, 11) is 0. The number of carbonyl (C=O) groups is 2. The maximum Gasteiger partial charge on any atom is 0.423 e. The van der Waals surface area contributed by atoms with Crippen LogP contribution in [0.3, 0.4) is 0 Å². The van der Waals surface area contributed by atoms with Crippen LogP contribution in [0.1, 0.15) is 0 Å². The van der Waals surface area contributed by atoms with E-state index in [1.54, 1.807) is 0 Å². The van der Waals surface area contributed by atoms with Gasteiger partial charge in [0, 0.05) is 0 Å². The van der Waals surface area contributed by atoms with Crippen molar-refractivity contribution < 1.29 is 98.4 Å². The van der Waals surface area contributed by atoms with Gasteiger partial charge in [0.2, 0.25) is 0 Å². The molecule has 0 aliphatic carbocycles. The van der Waals surface area contributed by atoms with Gasteiger partial charge in [0.05, 0.1) is 0 Å². The lowest BCUT2D eigenvalue weighted by Gasteiger charge is -2.36. The van der Waals surface area contributed by atoms with Crippen LogP contribution in [0.15, 0.2) is 0 Å². The van der Waals surface area contributed by atoms with Gasteiger partial charge in [-0.2, -0.15) is 79.0 Å². The molecule has 0 N–H and O–H groups in total. The Morgan fingerprint density at radius 2 is 0.469 bits per heavy atom. The molecule has 0 aliphatic heterocycles. The van der Waals surface area contributed by atoms with Gasteiger partial charge in [0.15, 0.2) is 0 Å². The van der Waals surface area contributed by atoms with E-state index in [0.717, 1.165) is 0 Å². The number of hydrogen-bond donors (Lipinski definition) is 0. The molecule has 0 aromatic carbocycles. The van der Waals surface area contributed by atoms with E-state index in [4.69, 9.17) is 0 Å². The summed E-state index contributed by atoms with van der Waals surface area (Å²) in [6.07, 6.45) is -47.2. The topological polar surface area (TPSA) is 52.6 Å². The number of rotatable bonds is 2. The van der Waals surface area contributed by atoms with Gasteiger partial charge in [0.1, 0.15) is 0 Å². The van der Waals surface area contributed by atoms with Crippen molar-refractivity contribution in [2.24, 2.45) is 10.8 Å². The Balaban J connectivity index is 6.66. The summed E-state index contributed by atoms with van der Waals surface area (Å²) in [6, 6.07) is 0. The lowest BCUT2D eigenvalue weighted by Crippen LogP contribution is -2.66. The van der Waals surface area contributed by atoms with Gasteiger partial charge in [-0.05, 0) is 0 Å². The van der Waals surface area contributed by atoms with Crippen molar-refractivity contribution in [2.75, 3.05) is 0 Å². The Kier molecular flexibility index (Phi) is 7.07. The van der Waals surface area contributed by atoms with E-state index in [0.29, 0.717) is 0 Å². The molecular formula is C10F18O4. The monoisotopic (exact) mass is 526 g/mol. The van der Waals surface area contributed by atoms with Crippen LogP contribution in [0.25, 0.3) is 0 Å². The summed E-state index contributed by atoms with van der Waals surface area (Å²) >= 11 is 0. The molecule has 0 aliphatic rings. The maximum absolute atomic E-state index is 12.5. The first-order valence-electron chi connectivity index (χ1n) is 6.38. The molecule has 0 unspecified atom stereocenters. The predicted molar refractivity (Wildman–Crippen MR) is 53.4 cm³/mol. The third kappa shape index (κ3) is 4.18. The third-order valence-corrected chi connectivity index (χ3v) is 3.36. The van der Waals surface area contributed by atoms with Crippen LogP contribution < -0.4 is 0 Å². The zero-order chi connectivity index (χ0) is 26.6. The van der Waals surface area contributed by atoms with Gasteiger partial charge in [0.25, 0.3) is 0 Å². The molecule has 4 nitrogen and oxygen atoms in total. The van der Waals surface area contributed by atoms with Crippen molar-refractivity contribution in [3.63, 3.8) is 0 Å². The van der Waals surface area contributed by atoms with E-state index in [9.17, 15) is 88.6 Å². The Morgan fingerprint density at radius 1 is 0.344 bits per heavy atom. The van der Waals surface area contributed by atoms with E-state index in [2.05, 4.69) is 0 Å². The Morgan fingerprint density at radius 3 is 0.562 bits per heavy atom. The molecule has 0 saturated carbocycles. The first-order valence-corrected chi connectivity index (χ1v) is 6.38. The smallest absolute Gasteiger partial charge is 0.246 e. The van der Waals surface area contributed by atoms with Crippen molar-refractivity contribution in [1.29, 1.82) is 0 Å². The van der Waals surface area contributed by atoms with Gasteiger partial charge in [-0.15, -0.1) is 0 Å². The summed E-state index contributed by atoms with van der Waals surface area (Å²) in [6.45, 7) is 0. The molecule has 32 heavy (non-hydrogen) atoms. The third-order valence-electron chi connectivity index (χ3n) is 3.36. The Hall–Kier alpha value is -2.32. The van der Waals surface area contributed by atoms with E-state index in [1.165, 1.54) is 0 Å². The first kappa shape index (κ1) is 29.7. The van der Waals surface area contributed by atoms with E-state index >= 15 is 0 Å². The highest BCUT2D eigenvalue weighted by Gasteiger charge is 2.91. The van der Waals surface area contributed by atoms with Crippen LogP contribution in [0.5, 0.6) is 0 Å². The van der Waals surface area contributed by atoms with E-state index in [-0.39, 0.29) is 0 Å². The lowest BCUT2D eigenvalue weighted by atomic mass is 9.85. The molecule has 0 fully saturated rings. The van der Waals surface area contributed by atoms with Crippen LogP contribution in [0, 0.1) is 10.8 Å². The molecule has 0 rings (SSSR count). The molecule has 0 aromatic rings. The molecular weight excluding hydrogens is 526 g/mol. The first-order chi connectivity index (χ1) is 13.5. The number of alkyl halides is 18. The molecule has 0 spiro atoms. The molecule has 0 bridgehead atoms. The second kappa shape index (κ2) is 7.63. The summed E-state index contributed by atoms with van der Waals surface area (Å²) in [5.41, 5.74) is -15.5. The van der Waals surface area contributed by atoms with Gasteiger partial charge < -0.3 is 0 Å². The van der Waals surface area contributed by atoms with E-state index in [1.807, 2.05) is 9.78 Å². The quantitative estimate of drug-likeness (QED) is 0.278. The van der Waals surface area contributed by atoms with Crippen LogP contribution in [-0.2, 0) is 19.4 Å². The molecule has 0 radical (unpaired) electrons. The van der Waals surface area contributed by atoms with Crippen molar-refractivity contribution >= 4 is 11.9 Å². The van der Waals surface area contributed by atoms with Gasteiger partial charge in [-0.3, -0.25) is 0 Å². The van der Waals surface area contributed by atoms with Crippen LogP contribution >= 0.6 is 0 Å². The molecule has 22 heteroatoms. The van der Waals surface area contributed by atoms with Crippen molar-refractivity contribution in [1.82, 2.24) is 0 Å². The summed E-state index contributed by atoms with van der Waals surface area (Å²) in [4.78, 5) is 25.5. The van der Waals surface area contributed by atoms with Crippen LogP contribution in [0.4, 0.5) is 79.0 Å². The SMILES string of the molecule is O=C(OOC(=O)C(C(F)(F)F)(C(F)(F)F)C(F)(F)F)C(C(F)(F)F)(C(F)(F)F)C(F)(F)F.